The summed E-state index contributed by atoms with van der Waals surface area (Å²) in [6.45, 7) is 4.30. The van der Waals surface area contributed by atoms with Crippen LogP contribution in [0.1, 0.15) is 29.3 Å². The van der Waals surface area contributed by atoms with Crippen molar-refractivity contribution in [1.29, 1.82) is 0 Å². The number of carbonyl (C=O) groups is 4. The highest BCUT2D eigenvalue weighted by Crippen LogP contribution is 2.21. The molecule has 0 heterocycles. The standard InChI is InChI=1S/C24H38N4O9/c1-3-7-26(16-22(32)33)9-11-28(15-19-13-18(24(36)37-2)4-5-20(19)29)12-10-27(17-23(34)35)8-6-25-14-21(30)31/h4-5,13,25,29H,3,6-12,14-17H2,1-2H3,(H,30,31)(H,32,33)(H,34,35). The van der Waals surface area contributed by atoms with Crippen molar-refractivity contribution in [1.82, 2.24) is 20.0 Å². The van der Waals surface area contributed by atoms with Gasteiger partial charge in [0.1, 0.15) is 5.75 Å². The van der Waals surface area contributed by atoms with Crippen LogP contribution in [-0.2, 0) is 25.7 Å². The first kappa shape index (κ1) is 31.8. The zero-order chi connectivity index (χ0) is 27.8. The topological polar surface area (TPSA) is 180 Å². The fourth-order valence-corrected chi connectivity index (χ4v) is 3.70. The summed E-state index contributed by atoms with van der Waals surface area (Å²) < 4.78 is 4.75. The highest BCUT2D eigenvalue weighted by Gasteiger charge is 2.18. The highest BCUT2D eigenvalue weighted by atomic mass is 16.5. The second-order valence-electron chi connectivity index (χ2n) is 8.52. The van der Waals surface area contributed by atoms with E-state index in [4.69, 9.17) is 9.84 Å². The van der Waals surface area contributed by atoms with Crippen LogP contribution in [0.4, 0.5) is 0 Å². The molecule has 37 heavy (non-hydrogen) atoms. The number of rotatable bonds is 20. The van der Waals surface area contributed by atoms with Crippen LogP contribution >= 0.6 is 0 Å². The zero-order valence-electron chi connectivity index (χ0n) is 21.4. The Balaban J connectivity index is 3.01. The molecule has 1 rings (SSSR count). The SMILES string of the molecule is CCCN(CCN(CCN(CCNCC(=O)O)CC(=O)O)Cc1cc(C(=O)OC)ccc1O)CC(=O)O. The number of aliphatic carboxylic acids is 3. The number of methoxy groups -OCH3 is 1. The largest absolute Gasteiger partial charge is 0.508 e. The van der Waals surface area contributed by atoms with Crippen molar-refractivity contribution < 1.29 is 44.3 Å². The van der Waals surface area contributed by atoms with E-state index in [0.717, 1.165) is 6.42 Å². The fourth-order valence-electron chi connectivity index (χ4n) is 3.70. The molecule has 208 valence electrons. The van der Waals surface area contributed by atoms with Gasteiger partial charge >= 0.3 is 23.9 Å². The third kappa shape index (κ3) is 13.6. The lowest BCUT2D eigenvalue weighted by Gasteiger charge is -2.29. The molecule has 0 amide bonds. The first-order chi connectivity index (χ1) is 17.5. The Kier molecular flexibility index (Phi) is 14.8. The molecular formula is C24H38N4O9. The maximum Gasteiger partial charge on any atom is 0.337 e. The van der Waals surface area contributed by atoms with E-state index in [1.807, 2.05) is 11.8 Å². The van der Waals surface area contributed by atoms with Crippen molar-refractivity contribution in [3.05, 3.63) is 29.3 Å². The second-order valence-corrected chi connectivity index (χ2v) is 8.52. The molecule has 0 aliphatic rings. The van der Waals surface area contributed by atoms with E-state index in [-0.39, 0.29) is 44.0 Å². The van der Waals surface area contributed by atoms with E-state index in [0.29, 0.717) is 44.8 Å². The van der Waals surface area contributed by atoms with Gasteiger partial charge in [0.15, 0.2) is 0 Å². The van der Waals surface area contributed by atoms with Gasteiger partial charge < -0.3 is 30.5 Å². The van der Waals surface area contributed by atoms with Crippen LogP contribution in [0.25, 0.3) is 0 Å². The number of ether oxygens (including phenoxy) is 1. The van der Waals surface area contributed by atoms with Crippen LogP contribution < -0.4 is 5.32 Å². The number of carbonyl (C=O) groups excluding carboxylic acids is 1. The molecule has 0 atom stereocenters. The van der Waals surface area contributed by atoms with Crippen LogP contribution in [0.2, 0.25) is 0 Å². The molecule has 0 aliphatic carbocycles. The molecule has 5 N–H and O–H groups in total. The minimum absolute atomic E-state index is 0.0196. The van der Waals surface area contributed by atoms with Crippen molar-refractivity contribution in [2.24, 2.45) is 0 Å². The van der Waals surface area contributed by atoms with Gasteiger partial charge in [-0.1, -0.05) is 6.92 Å². The molecule has 0 spiro atoms. The van der Waals surface area contributed by atoms with E-state index in [1.54, 1.807) is 9.80 Å². The number of carboxylic acid groups (broad SMARTS) is 3. The summed E-state index contributed by atoms with van der Waals surface area (Å²) in [5.41, 5.74) is 0.738. The predicted octanol–water partition coefficient (Wildman–Crippen LogP) is -0.162. The van der Waals surface area contributed by atoms with Gasteiger partial charge in [0.05, 0.1) is 32.3 Å². The molecule has 0 saturated carbocycles. The summed E-state index contributed by atoms with van der Waals surface area (Å²) >= 11 is 0. The maximum atomic E-state index is 12.0. The predicted molar refractivity (Wildman–Crippen MR) is 134 cm³/mol. The minimum Gasteiger partial charge on any atom is -0.508 e. The number of esters is 1. The van der Waals surface area contributed by atoms with Crippen molar-refractivity contribution in [2.45, 2.75) is 19.9 Å². The third-order valence-corrected chi connectivity index (χ3v) is 5.50. The number of phenols is 1. The first-order valence-corrected chi connectivity index (χ1v) is 12.0. The number of hydrogen-bond donors (Lipinski definition) is 5. The molecular weight excluding hydrogens is 488 g/mol. The van der Waals surface area contributed by atoms with Gasteiger partial charge in [0, 0.05) is 51.4 Å². The summed E-state index contributed by atoms with van der Waals surface area (Å²) in [6, 6.07) is 4.38. The molecule has 0 unspecified atom stereocenters. The summed E-state index contributed by atoms with van der Waals surface area (Å²) in [4.78, 5) is 50.6. The lowest BCUT2D eigenvalue weighted by molar-refractivity contribution is -0.139. The van der Waals surface area contributed by atoms with Gasteiger partial charge in [-0.2, -0.15) is 0 Å². The van der Waals surface area contributed by atoms with E-state index < -0.39 is 23.9 Å². The first-order valence-electron chi connectivity index (χ1n) is 12.0. The molecule has 13 heteroatoms. The molecule has 13 nitrogen and oxygen atoms in total. The molecule has 0 saturated heterocycles. The molecule has 1 aromatic carbocycles. The van der Waals surface area contributed by atoms with Gasteiger partial charge in [-0.3, -0.25) is 29.1 Å². The van der Waals surface area contributed by atoms with Crippen LogP contribution in [0.3, 0.4) is 0 Å². The smallest absolute Gasteiger partial charge is 0.337 e. The lowest BCUT2D eigenvalue weighted by atomic mass is 10.1. The Labute approximate surface area is 216 Å². The molecule has 0 bridgehead atoms. The van der Waals surface area contributed by atoms with E-state index >= 15 is 0 Å². The van der Waals surface area contributed by atoms with E-state index in [1.165, 1.54) is 25.3 Å². The molecule has 0 fully saturated rings. The van der Waals surface area contributed by atoms with Crippen molar-refractivity contribution in [2.75, 3.05) is 72.6 Å². The van der Waals surface area contributed by atoms with Crippen LogP contribution in [0.5, 0.6) is 5.75 Å². The summed E-state index contributed by atoms with van der Waals surface area (Å²) in [5.74, 6) is -3.55. The average Bonchev–Trinajstić information content (AvgIpc) is 2.83. The normalized spacial score (nSPS) is 11.3. The number of phenolic OH excluding ortho intramolecular Hbond substituents is 1. The highest BCUT2D eigenvalue weighted by molar-refractivity contribution is 5.89. The van der Waals surface area contributed by atoms with Gasteiger partial charge in [0.2, 0.25) is 0 Å². The Morgan fingerprint density at radius 1 is 0.838 bits per heavy atom. The number of benzene rings is 1. The van der Waals surface area contributed by atoms with Gasteiger partial charge in [0.25, 0.3) is 0 Å². The Morgan fingerprint density at radius 2 is 1.41 bits per heavy atom. The maximum absolute atomic E-state index is 12.0. The number of nitrogens with one attached hydrogen (secondary N) is 1. The average molecular weight is 527 g/mol. The third-order valence-electron chi connectivity index (χ3n) is 5.50. The summed E-state index contributed by atoms with van der Waals surface area (Å²) in [5, 5.41) is 40.4. The fraction of sp³-hybridized carbons (Fsp3) is 0.583. The number of carboxylic acids is 3. The van der Waals surface area contributed by atoms with Crippen LogP contribution in [0, 0.1) is 0 Å². The van der Waals surface area contributed by atoms with Gasteiger partial charge in [-0.05, 0) is 31.2 Å². The lowest BCUT2D eigenvalue weighted by Crippen LogP contribution is -2.43. The van der Waals surface area contributed by atoms with Crippen molar-refractivity contribution in [3.8, 4) is 5.75 Å². The number of nitrogens with zero attached hydrogens (tertiary/aromatic N) is 3. The molecule has 0 aliphatic heterocycles. The van der Waals surface area contributed by atoms with Crippen LogP contribution in [0.15, 0.2) is 18.2 Å². The monoisotopic (exact) mass is 526 g/mol. The summed E-state index contributed by atoms with van der Waals surface area (Å²) in [7, 11) is 1.26. The van der Waals surface area contributed by atoms with Gasteiger partial charge in [-0.25, -0.2) is 4.79 Å². The zero-order valence-corrected chi connectivity index (χ0v) is 21.4. The molecule has 0 radical (unpaired) electrons. The Bertz CT molecular complexity index is 897. The Hall–Kier alpha value is -3.26. The van der Waals surface area contributed by atoms with E-state index in [2.05, 4.69) is 5.32 Å². The Morgan fingerprint density at radius 3 is 1.92 bits per heavy atom. The minimum atomic E-state index is -1.02. The number of aromatic hydroxyl groups is 1. The van der Waals surface area contributed by atoms with Crippen molar-refractivity contribution >= 4 is 23.9 Å². The quantitative estimate of drug-likeness (QED) is 0.112. The number of hydrogen-bond acceptors (Lipinski definition) is 10. The van der Waals surface area contributed by atoms with Crippen molar-refractivity contribution in [3.63, 3.8) is 0 Å². The summed E-state index contributed by atoms with van der Waals surface area (Å²) in [6.07, 6.45) is 0.769. The second kappa shape index (κ2) is 17.2. The van der Waals surface area contributed by atoms with Crippen LogP contribution in [-0.4, -0.2) is 132 Å². The van der Waals surface area contributed by atoms with Gasteiger partial charge in [-0.15, -0.1) is 0 Å². The van der Waals surface area contributed by atoms with E-state index in [9.17, 15) is 34.5 Å². The molecule has 1 aromatic rings. The molecule has 0 aromatic heterocycles.